The maximum absolute atomic E-state index is 12.6. The Kier molecular flexibility index (Phi) is 8.01. The van der Waals surface area contributed by atoms with Crippen molar-refractivity contribution in [2.24, 2.45) is 0 Å². The molecule has 4 nitrogen and oxygen atoms in total. The minimum absolute atomic E-state index is 0.357. The fourth-order valence-corrected chi connectivity index (χ4v) is 5.87. The summed E-state index contributed by atoms with van der Waals surface area (Å²) in [6, 6.07) is 39.9. The molecule has 4 aromatic rings. The Hall–Kier alpha value is -3.28. The third-order valence-corrected chi connectivity index (χ3v) is 7.57. The van der Waals surface area contributed by atoms with Gasteiger partial charge in [0.1, 0.15) is 23.4 Å². The van der Waals surface area contributed by atoms with Crippen LogP contribution in [0.1, 0.15) is 36.1 Å². The number of ether oxygens (including phenoxy) is 2. The van der Waals surface area contributed by atoms with E-state index in [0.29, 0.717) is 25.7 Å². The van der Waals surface area contributed by atoms with Crippen molar-refractivity contribution in [2.45, 2.75) is 68.7 Å². The molecule has 0 radical (unpaired) electrons. The molecule has 0 spiro atoms. The predicted molar refractivity (Wildman–Crippen MR) is 154 cm³/mol. The molecular formula is C35H38O4. The van der Waals surface area contributed by atoms with E-state index in [1.807, 2.05) is 135 Å². The summed E-state index contributed by atoms with van der Waals surface area (Å²) in [6.45, 7) is 3.72. The monoisotopic (exact) mass is 522 g/mol. The van der Waals surface area contributed by atoms with Crippen LogP contribution < -0.4 is 0 Å². The molecule has 0 unspecified atom stereocenters. The summed E-state index contributed by atoms with van der Waals surface area (Å²) >= 11 is 0. The smallest absolute Gasteiger partial charge is 0.164 e. The number of hydrogen-bond donors (Lipinski definition) is 2. The van der Waals surface area contributed by atoms with E-state index >= 15 is 0 Å². The van der Waals surface area contributed by atoms with E-state index in [1.54, 1.807) is 0 Å². The molecule has 0 aromatic heterocycles. The van der Waals surface area contributed by atoms with E-state index in [0.717, 1.165) is 22.3 Å². The third kappa shape index (κ3) is 6.66. The van der Waals surface area contributed by atoms with Gasteiger partial charge in [-0.2, -0.15) is 0 Å². The molecule has 5 rings (SSSR count). The lowest BCUT2D eigenvalue weighted by atomic mass is 9.74. The second-order valence-corrected chi connectivity index (χ2v) is 11.3. The van der Waals surface area contributed by atoms with Crippen LogP contribution in [0.5, 0.6) is 0 Å². The lowest BCUT2D eigenvalue weighted by Gasteiger charge is -2.42. The van der Waals surface area contributed by atoms with Gasteiger partial charge in [-0.1, -0.05) is 121 Å². The summed E-state index contributed by atoms with van der Waals surface area (Å²) in [7, 11) is 0. The zero-order chi connectivity index (χ0) is 27.3. The molecule has 202 valence electrons. The standard InChI is InChI=1S/C35H38O4/c1-33(2)38-31(34(36,23-27-15-7-3-8-16-27)24-28-17-9-4-10-18-28)32(39-33)35(37,25-29-19-11-5-12-20-29)26-30-21-13-6-14-22-30/h3-22,31-32,36-37H,23-26H2,1-2H3/t31-,32-/m1/s1. The summed E-state index contributed by atoms with van der Waals surface area (Å²) in [5.41, 5.74) is 1.30. The molecule has 1 fully saturated rings. The first-order chi connectivity index (χ1) is 18.7. The summed E-state index contributed by atoms with van der Waals surface area (Å²) in [5.74, 6) is -0.988. The first kappa shape index (κ1) is 27.3. The normalized spacial score (nSPS) is 19.2. The molecule has 2 N–H and O–H groups in total. The van der Waals surface area contributed by atoms with E-state index in [-0.39, 0.29) is 0 Å². The summed E-state index contributed by atoms with van der Waals surface area (Å²) < 4.78 is 13.1. The molecule has 2 atom stereocenters. The summed E-state index contributed by atoms with van der Waals surface area (Å²) in [5, 5.41) is 25.2. The average Bonchev–Trinajstić information content (AvgIpc) is 3.28. The zero-order valence-electron chi connectivity index (χ0n) is 22.7. The van der Waals surface area contributed by atoms with Gasteiger partial charge in [-0.15, -0.1) is 0 Å². The van der Waals surface area contributed by atoms with E-state index < -0.39 is 29.2 Å². The van der Waals surface area contributed by atoms with Crippen LogP contribution in [0.3, 0.4) is 0 Å². The molecule has 0 amide bonds. The molecular weight excluding hydrogens is 484 g/mol. The lowest BCUT2D eigenvalue weighted by Crippen LogP contribution is -2.60. The second-order valence-electron chi connectivity index (χ2n) is 11.3. The van der Waals surface area contributed by atoms with Gasteiger partial charge in [-0.3, -0.25) is 0 Å². The number of hydrogen-bond acceptors (Lipinski definition) is 4. The topological polar surface area (TPSA) is 58.9 Å². The van der Waals surface area contributed by atoms with Crippen LogP contribution in [0.2, 0.25) is 0 Å². The minimum Gasteiger partial charge on any atom is -0.386 e. The molecule has 1 aliphatic rings. The molecule has 4 heteroatoms. The van der Waals surface area contributed by atoms with Crippen molar-refractivity contribution < 1.29 is 19.7 Å². The lowest BCUT2D eigenvalue weighted by molar-refractivity contribution is -0.176. The van der Waals surface area contributed by atoms with Gasteiger partial charge in [0.15, 0.2) is 5.79 Å². The molecule has 1 saturated heterocycles. The second kappa shape index (κ2) is 11.4. The summed E-state index contributed by atoms with van der Waals surface area (Å²) in [4.78, 5) is 0. The van der Waals surface area contributed by atoms with E-state index in [4.69, 9.17) is 9.47 Å². The number of benzene rings is 4. The summed E-state index contributed by atoms with van der Waals surface area (Å²) in [6.07, 6.45) is -0.145. The molecule has 0 saturated carbocycles. The highest BCUT2D eigenvalue weighted by Gasteiger charge is 2.58. The Morgan fingerprint density at radius 1 is 0.487 bits per heavy atom. The predicted octanol–water partition coefficient (Wildman–Crippen LogP) is 5.94. The van der Waals surface area contributed by atoms with Crippen molar-refractivity contribution in [3.63, 3.8) is 0 Å². The molecule has 1 aliphatic heterocycles. The van der Waals surface area contributed by atoms with E-state index in [1.165, 1.54) is 0 Å². The van der Waals surface area contributed by atoms with Crippen molar-refractivity contribution in [3.05, 3.63) is 144 Å². The van der Waals surface area contributed by atoms with Gasteiger partial charge in [0.25, 0.3) is 0 Å². The Morgan fingerprint density at radius 2 is 0.718 bits per heavy atom. The molecule has 39 heavy (non-hydrogen) atoms. The Labute approximate surface area is 231 Å². The SMILES string of the molecule is CC1(C)O[C@@H](C(O)(Cc2ccccc2)Cc2ccccc2)[C@H](C(O)(Cc2ccccc2)Cc2ccccc2)O1. The quantitative estimate of drug-likeness (QED) is 0.271. The van der Waals surface area contributed by atoms with Crippen molar-refractivity contribution in [3.8, 4) is 0 Å². The third-order valence-electron chi connectivity index (χ3n) is 7.57. The highest BCUT2D eigenvalue weighted by Crippen LogP contribution is 2.43. The minimum atomic E-state index is -1.34. The average molecular weight is 523 g/mol. The van der Waals surface area contributed by atoms with Crippen molar-refractivity contribution in [1.29, 1.82) is 0 Å². The molecule has 0 aliphatic carbocycles. The van der Waals surface area contributed by atoms with Crippen molar-refractivity contribution in [1.82, 2.24) is 0 Å². The fraction of sp³-hybridized carbons (Fsp3) is 0.314. The first-order valence-electron chi connectivity index (χ1n) is 13.7. The van der Waals surface area contributed by atoms with Gasteiger partial charge in [0.2, 0.25) is 0 Å². The van der Waals surface area contributed by atoms with Crippen molar-refractivity contribution in [2.75, 3.05) is 0 Å². The largest absolute Gasteiger partial charge is 0.386 e. The molecule has 1 heterocycles. The van der Waals surface area contributed by atoms with Gasteiger partial charge in [-0.25, -0.2) is 0 Å². The number of aliphatic hydroxyl groups is 2. The number of rotatable bonds is 10. The Balaban J connectivity index is 1.58. The van der Waals surface area contributed by atoms with Gasteiger partial charge < -0.3 is 19.7 Å². The maximum Gasteiger partial charge on any atom is 0.164 e. The van der Waals surface area contributed by atoms with Crippen LogP contribution in [-0.4, -0.2) is 39.4 Å². The molecule has 4 aromatic carbocycles. The van der Waals surface area contributed by atoms with E-state index in [9.17, 15) is 10.2 Å². The molecule has 0 bridgehead atoms. The Morgan fingerprint density at radius 3 is 0.949 bits per heavy atom. The van der Waals surface area contributed by atoms with Crippen LogP contribution in [0, 0.1) is 0 Å². The highest BCUT2D eigenvalue weighted by molar-refractivity contribution is 5.27. The van der Waals surface area contributed by atoms with Crippen LogP contribution >= 0.6 is 0 Å². The zero-order valence-corrected chi connectivity index (χ0v) is 22.7. The fourth-order valence-electron chi connectivity index (χ4n) is 5.87. The first-order valence-corrected chi connectivity index (χ1v) is 13.7. The highest BCUT2D eigenvalue weighted by atomic mass is 16.8. The van der Waals surface area contributed by atoms with E-state index in [2.05, 4.69) is 0 Å². The van der Waals surface area contributed by atoms with Gasteiger partial charge in [-0.05, 0) is 36.1 Å². The van der Waals surface area contributed by atoms with Crippen molar-refractivity contribution >= 4 is 0 Å². The van der Waals surface area contributed by atoms with Gasteiger partial charge in [0, 0.05) is 25.7 Å². The van der Waals surface area contributed by atoms with Gasteiger partial charge in [0.05, 0.1) is 0 Å². The van der Waals surface area contributed by atoms with Gasteiger partial charge >= 0.3 is 0 Å². The van der Waals surface area contributed by atoms with Crippen LogP contribution in [0.4, 0.5) is 0 Å². The van der Waals surface area contributed by atoms with Crippen LogP contribution in [-0.2, 0) is 35.2 Å². The van der Waals surface area contributed by atoms with Crippen LogP contribution in [0.15, 0.2) is 121 Å². The van der Waals surface area contributed by atoms with Crippen LogP contribution in [0.25, 0.3) is 0 Å². The Bertz CT molecular complexity index is 1120. The maximum atomic E-state index is 12.6.